The molecule has 286 valence electrons. The van der Waals surface area contributed by atoms with E-state index in [-0.39, 0.29) is 5.56 Å². The van der Waals surface area contributed by atoms with E-state index < -0.39 is 6.85 Å². The van der Waals surface area contributed by atoms with Gasteiger partial charge in [0.2, 0.25) is 0 Å². The summed E-state index contributed by atoms with van der Waals surface area (Å²) >= 11 is 0. The highest BCUT2D eigenvalue weighted by molar-refractivity contribution is 6.10. The van der Waals surface area contributed by atoms with E-state index in [0.717, 1.165) is 66.1 Å². The lowest BCUT2D eigenvalue weighted by Crippen LogP contribution is -1.97. The van der Waals surface area contributed by atoms with E-state index in [9.17, 15) is 0 Å². The van der Waals surface area contributed by atoms with Crippen molar-refractivity contribution < 1.29 is 13.6 Å². The van der Waals surface area contributed by atoms with E-state index in [2.05, 4.69) is 52.0 Å². The van der Waals surface area contributed by atoms with Crippen LogP contribution in [0, 0.1) is 13.8 Å². The van der Waals surface area contributed by atoms with Crippen LogP contribution in [-0.2, 0) is 0 Å². The molecule has 8 nitrogen and oxygen atoms in total. The summed E-state index contributed by atoms with van der Waals surface area (Å²) < 4.78 is 40.5. The maximum absolute atomic E-state index is 7.78. The number of fused-ring (bicyclic) bond motifs is 6. The second-order valence-electron chi connectivity index (χ2n) is 14.7. The van der Waals surface area contributed by atoms with Crippen molar-refractivity contribution in [3.05, 3.63) is 194 Å². The smallest absolute Gasteiger partial charge is 0.137 e. The molecule has 0 aliphatic rings. The summed E-state index contributed by atoms with van der Waals surface area (Å²) in [5.41, 5.74) is 8.37. The first-order valence-electron chi connectivity index (χ1n) is 21.1. The number of benzene rings is 6. The quantitative estimate of drug-likeness (QED) is 0.153. The van der Waals surface area contributed by atoms with Crippen molar-refractivity contribution >= 4 is 43.6 Å². The topological polar surface area (TPSA) is 79.9 Å². The van der Waals surface area contributed by atoms with E-state index in [1.54, 1.807) is 24.5 Å². The predicted molar refractivity (Wildman–Crippen MR) is 240 cm³/mol. The third-order valence-corrected chi connectivity index (χ3v) is 10.8. The molecule has 60 heavy (non-hydrogen) atoms. The standard InChI is InChI=1S/C52H36N6O2/c1-33-17-23-51(55-29-33)57-47-15-5-3-13-41(47)43-21-19-39(27-49(43)57)59-37-11-7-9-35(25-37)45-31-54-46(32-53-45)36-10-8-12-38(26-36)60-40-20-22-44-42-14-4-6-16-48(42)58(50(44)28-40)52-24-18-34(2)30-56-52/h3-32H,1-2H3/i1D3. The van der Waals surface area contributed by atoms with Crippen LogP contribution in [0.15, 0.2) is 183 Å². The van der Waals surface area contributed by atoms with Crippen LogP contribution in [0.1, 0.15) is 15.2 Å². The Morgan fingerprint density at radius 3 is 1.33 bits per heavy atom. The van der Waals surface area contributed by atoms with E-state index in [1.807, 2.05) is 121 Å². The third kappa shape index (κ3) is 6.27. The largest absolute Gasteiger partial charge is 0.457 e. The molecule has 0 bridgehead atoms. The number of pyridine rings is 2. The number of nitrogens with zero attached hydrogens (tertiary/aromatic N) is 6. The van der Waals surface area contributed by atoms with Crippen LogP contribution < -0.4 is 9.47 Å². The first-order valence-corrected chi connectivity index (χ1v) is 19.6. The third-order valence-electron chi connectivity index (χ3n) is 10.8. The summed E-state index contributed by atoms with van der Waals surface area (Å²) in [6, 6.07) is 51.7. The highest BCUT2D eigenvalue weighted by Gasteiger charge is 2.16. The van der Waals surface area contributed by atoms with Crippen LogP contribution in [0.4, 0.5) is 0 Å². The highest BCUT2D eigenvalue weighted by Crippen LogP contribution is 2.37. The Bertz CT molecular complexity index is 3510. The molecule has 0 aliphatic carbocycles. The van der Waals surface area contributed by atoms with Gasteiger partial charge in [-0.05, 0) is 97.7 Å². The van der Waals surface area contributed by atoms with Gasteiger partial charge in [0, 0.05) is 61.3 Å². The van der Waals surface area contributed by atoms with Crippen molar-refractivity contribution in [3.8, 4) is 57.1 Å². The number of para-hydroxylation sites is 2. The Balaban J connectivity index is 0.843. The summed E-state index contributed by atoms with van der Waals surface area (Å²) in [7, 11) is 0. The molecule has 5 heterocycles. The number of hydrogen-bond donors (Lipinski definition) is 0. The van der Waals surface area contributed by atoms with Gasteiger partial charge in [-0.25, -0.2) is 9.97 Å². The van der Waals surface area contributed by atoms with Crippen molar-refractivity contribution in [2.75, 3.05) is 0 Å². The van der Waals surface area contributed by atoms with Gasteiger partial charge < -0.3 is 9.47 Å². The molecule has 0 aliphatic heterocycles. The van der Waals surface area contributed by atoms with Crippen LogP contribution in [0.25, 0.3) is 77.8 Å². The number of hydrogen-bond acceptors (Lipinski definition) is 6. The maximum Gasteiger partial charge on any atom is 0.137 e. The fourth-order valence-corrected chi connectivity index (χ4v) is 7.97. The normalized spacial score (nSPS) is 12.4. The second-order valence-corrected chi connectivity index (χ2v) is 14.7. The molecule has 0 atom stereocenters. The van der Waals surface area contributed by atoms with Crippen LogP contribution in [0.2, 0.25) is 0 Å². The van der Waals surface area contributed by atoms with Gasteiger partial charge in [0.05, 0.1) is 45.8 Å². The average molecular weight is 780 g/mol. The van der Waals surface area contributed by atoms with Crippen molar-refractivity contribution in [2.45, 2.75) is 13.8 Å². The first-order chi connectivity index (χ1) is 30.7. The highest BCUT2D eigenvalue weighted by atomic mass is 16.5. The van der Waals surface area contributed by atoms with Gasteiger partial charge in [-0.3, -0.25) is 19.1 Å². The Labute approximate surface area is 349 Å². The maximum atomic E-state index is 7.78. The van der Waals surface area contributed by atoms with Gasteiger partial charge in [-0.1, -0.05) is 72.8 Å². The summed E-state index contributed by atoms with van der Waals surface area (Å²) in [5.74, 6) is 4.13. The zero-order valence-electron chi connectivity index (χ0n) is 35.3. The summed E-state index contributed by atoms with van der Waals surface area (Å²) in [6.07, 6.45) is 6.85. The lowest BCUT2D eigenvalue weighted by Gasteiger charge is -2.11. The fourth-order valence-electron chi connectivity index (χ4n) is 7.97. The van der Waals surface area contributed by atoms with E-state index in [0.29, 0.717) is 40.2 Å². The molecule has 0 radical (unpaired) electrons. The Morgan fingerprint density at radius 1 is 0.400 bits per heavy atom. The van der Waals surface area contributed by atoms with Gasteiger partial charge in [0.1, 0.15) is 34.6 Å². The lowest BCUT2D eigenvalue weighted by molar-refractivity contribution is 0.483. The van der Waals surface area contributed by atoms with Gasteiger partial charge in [-0.15, -0.1) is 0 Å². The minimum Gasteiger partial charge on any atom is -0.457 e. The Kier molecular flexibility index (Phi) is 7.65. The summed E-state index contributed by atoms with van der Waals surface area (Å²) in [5, 5.41) is 4.36. The molecule has 11 rings (SSSR count). The summed E-state index contributed by atoms with van der Waals surface area (Å²) in [6.45, 7) is -0.196. The molecule has 0 fully saturated rings. The minimum absolute atomic E-state index is 0.192. The molecule has 0 spiro atoms. The number of rotatable bonds is 8. The van der Waals surface area contributed by atoms with E-state index >= 15 is 0 Å². The summed E-state index contributed by atoms with van der Waals surface area (Å²) in [4.78, 5) is 18.9. The van der Waals surface area contributed by atoms with E-state index in [4.69, 9.17) is 28.5 Å². The molecule has 0 unspecified atom stereocenters. The fraction of sp³-hybridized carbons (Fsp3) is 0.0385. The molecule has 5 aromatic heterocycles. The van der Waals surface area contributed by atoms with Gasteiger partial charge >= 0.3 is 0 Å². The molecule has 0 N–H and O–H groups in total. The molecular formula is C52H36N6O2. The van der Waals surface area contributed by atoms with Gasteiger partial charge in [-0.2, -0.15) is 0 Å². The predicted octanol–water partition coefficient (Wildman–Crippen LogP) is 13.0. The molecule has 11 aromatic rings. The van der Waals surface area contributed by atoms with Crippen molar-refractivity contribution in [1.82, 2.24) is 29.1 Å². The molecule has 0 amide bonds. The SMILES string of the molecule is [2H]C([2H])([2H])c1ccc(-n2c3ccccc3c3ccc(Oc4cccc(-c5cnc(-c6cccc(Oc7ccc8c9ccccc9n(-c9ccc(C)cn9)c8c7)c6)cn5)c4)cc32)nc1. The lowest BCUT2D eigenvalue weighted by atomic mass is 10.1. The monoisotopic (exact) mass is 779 g/mol. The number of aryl methyl sites for hydroxylation is 2. The molecule has 6 aromatic carbocycles. The van der Waals surface area contributed by atoms with Crippen molar-refractivity contribution in [2.24, 2.45) is 0 Å². The van der Waals surface area contributed by atoms with Crippen molar-refractivity contribution in [3.63, 3.8) is 0 Å². The number of ether oxygens (including phenoxy) is 2. The van der Waals surface area contributed by atoms with Crippen molar-refractivity contribution in [1.29, 1.82) is 0 Å². The molecule has 8 heteroatoms. The number of aromatic nitrogens is 6. The zero-order chi connectivity index (χ0) is 42.7. The first kappa shape index (κ1) is 31.9. The average Bonchev–Trinajstić information content (AvgIpc) is 3.81. The van der Waals surface area contributed by atoms with Gasteiger partial charge in [0.15, 0.2) is 0 Å². The Morgan fingerprint density at radius 2 is 0.867 bits per heavy atom. The van der Waals surface area contributed by atoms with Crippen LogP contribution in [0.3, 0.4) is 0 Å². The van der Waals surface area contributed by atoms with E-state index in [1.165, 1.54) is 6.20 Å². The van der Waals surface area contributed by atoms with Crippen LogP contribution >= 0.6 is 0 Å². The molecule has 0 saturated carbocycles. The second kappa shape index (κ2) is 14.4. The zero-order valence-corrected chi connectivity index (χ0v) is 32.3. The van der Waals surface area contributed by atoms with Gasteiger partial charge in [0.25, 0.3) is 0 Å². The molecule has 0 saturated heterocycles. The molecular weight excluding hydrogens is 741 g/mol. The minimum atomic E-state index is -2.24. The van der Waals surface area contributed by atoms with Crippen LogP contribution in [0.5, 0.6) is 23.0 Å². The Hall–Kier alpha value is -8.10. The van der Waals surface area contributed by atoms with Crippen LogP contribution in [-0.4, -0.2) is 29.1 Å².